The minimum atomic E-state index is -2.32. The Morgan fingerprint density at radius 1 is 0.910 bits per heavy atom. The Kier molecular flexibility index (Phi) is 14.2. The van der Waals surface area contributed by atoms with E-state index in [1.165, 1.54) is 13.2 Å². The van der Waals surface area contributed by atoms with Crippen molar-refractivity contribution in [2.75, 3.05) is 45.1 Å². The molecule has 2 bridgehead atoms. The number of methoxy groups -OCH3 is 1. The van der Waals surface area contributed by atoms with Crippen LogP contribution in [0.2, 0.25) is 34.8 Å². The van der Waals surface area contributed by atoms with Crippen molar-refractivity contribution >= 4 is 50.0 Å². The van der Waals surface area contributed by atoms with E-state index in [0.29, 0.717) is 76.2 Å². The molecule has 15 heteroatoms. The molecule has 1 aliphatic carbocycles. The van der Waals surface area contributed by atoms with Crippen LogP contribution in [-0.2, 0) is 13.9 Å². The van der Waals surface area contributed by atoms with E-state index in [1.54, 1.807) is 24.4 Å². The molecule has 3 aliphatic rings. The molecule has 3 fully saturated rings. The topological polar surface area (TPSA) is 108 Å². The summed E-state index contributed by atoms with van der Waals surface area (Å²) in [5.41, 5.74) is 4.26. The highest BCUT2D eigenvalue weighted by Gasteiger charge is 2.48. The normalized spacial score (nSPS) is 18.6. The predicted molar refractivity (Wildman–Crippen MR) is 268 cm³/mol. The predicted octanol–water partition coefficient (Wildman–Crippen LogP) is 12.4. The van der Waals surface area contributed by atoms with Crippen molar-refractivity contribution < 1.29 is 36.9 Å². The molecule has 7 rings (SSSR count). The summed E-state index contributed by atoms with van der Waals surface area (Å²) in [6.45, 7) is 31.8. The van der Waals surface area contributed by atoms with E-state index in [-0.39, 0.29) is 58.2 Å². The van der Waals surface area contributed by atoms with Crippen LogP contribution in [0.1, 0.15) is 114 Å². The van der Waals surface area contributed by atoms with Gasteiger partial charge in [-0.15, -0.1) is 5.54 Å². The number of hydrogen-bond donors (Lipinski definition) is 0. The van der Waals surface area contributed by atoms with Gasteiger partial charge in [-0.3, -0.25) is 9.88 Å². The van der Waals surface area contributed by atoms with Crippen LogP contribution in [0.5, 0.6) is 11.8 Å². The lowest BCUT2D eigenvalue weighted by atomic mass is 9.95. The monoisotopic (exact) mass is 958 g/mol. The first-order valence-corrected chi connectivity index (χ1v) is 29.3. The van der Waals surface area contributed by atoms with E-state index in [2.05, 4.69) is 91.8 Å². The number of piperazine rings is 1. The minimum absolute atomic E-state index is 0.0144. The van der Waals surface area contributed by atoms with Gasteiger partial charge in [-0.1, -0.05) is 74.3 Å². The summed E-state index contributed by atoms with van der Waals surface area (Å²) in [6, 6.07) is 6.30. The number of benzene rings is 2. The molecule has 11 nitrogen and oxygen atoms in total. The Balaban J connectivity index is 1.38. The Bertz CT molecular complexity index is 2520. The third kappa shape index (κ3) is 10.2. The highest BCUT2D eigenvalue weighted by atomic mass is 28.4. The lowest BCUT2D eigenvalue weighted by Crippen LogP contribution is -2.57. The van der Waals surface area contributed by atoms with Crippen LogP contribution in [0, 0.1) is 28.5 Å². The molecular formula is C52H73F2N5O6Si2. The fourth-order valence-electron chi connectivity index (χ4n) is 10.0. The molecule has 2 unspecified atom stereocenters. The number of pyridine rings is 1. The molecule has 2 atom stereocenters. The first-order valence-electron chi connectivity index (χ1n) is 24.1. The van der Waals surface area contributed by atoms with Gasteiger partial charge in [0.25, 0.3) is 0 Å². The van der Waals surface area contributed by atoms with Gasteiger partial charge in [0.2, 0.25) is 0 Å². The summed E-state index contributed by atoms with van der Waals surface area (Å²) in [5, 5.41) is 1.49. The molecule has 2 aromatic heterocycles. The second-order valence-electron chi connectivity index (χ2n) is 22.7. The van der Waals surface area contributed by atoms with E-state index >= 15 is 8.78 Å². The van der Waals surface area contributed by atoms with E-state index in [9.17, 15) is 4.79 Å². The lowest BCUT2D eigenvalue weighted by molar-refractivity contribution is 0.0122. The number of ether oxygens (including phenoxy) is 4. The Morgan fingerprint density at radius 3 is 2.12 bits per heavy atom. The van der Waals surface area contributed by atoms with Gasteiger partial charge < -0.3 is 28.3 Å². The molecule has 67 heavy (non-hydrogen) atoms. The summed E-state index contributed by atoms with van der Waals surface area (Å²) in [4.78, 5) is 32.1. The summed E-state index contributed by atoms with van der Waals surface area (Å²) in [7, 11) is -2.83. The van der Waals surface area contributed by atoms with Crippen LogP contribution in [0.15, 0.2) is 30.5 Å². The van der Waals surface area contributed by atoms with Crippen molar-refractivity contribution in [3.05, 3.63) is 47.7 Å². The number of nitrogens with zero attached hydrogens (tertiary/aromatic N) is 5. The lowest BCUT2D eigenvalue weighted by Gasteiger charge is -2.42. The van der Waals surface area contributed by atoms with Crippen molar-refractivity contribution in [1.82, 2.24) is 19.9 Å². The zero-order chi connectivity index (χ0) is 49.0. The highest BCUT2D eigenvalue weighted by Crippen LogP contribution is 2.49. The summed E-state index contributed by atoms with van der Waals surface area (Å²) in [5.74, 6) is 3.01. The summed E-state index contributed by atoms with van der Waals surface area (Å²) >= 11 is 0. The number of anilines is 1. The van der Waals surface area contributed by atoms with E-state index in [4.69, 9.17) is 38.3 Å². The Labute approximate surface area is 399 Å². The van der Waals surface area contributed by atoms with Gasteiger partial charge in [0.15, 0.2) is 20.9 Å². The molecule has 0 radical (unpaired) electrons. The first kappa shape index (κ1) is 50.5. The van der Waals surface area contributed by atoms with Crippen LogP contribution in [-0.4, -0.2) is 100 Å². The average molecular weight is 958 g/mol. The number of hydrogen-bond acceptors (Lipinski definition) is 10. The summed E-state index contributed by atoms with van der Waals surface area (Å²) < 4.78 is 64.6. The Hall–Kier alpha value is -4.37. The largest absolute Gasteiger partial charge is 0.468 e. The van der Waals surface area contributed by atoms with Crippen molar-refractivity contribution in [3.63, 3.8) is 0 Å². The standard InChI is InChI=1S/C52H73F2N5O6Si2/c1-32(2)67(33(3)4,34(5)6)23-20-39-42(53)19-16-35-24-38(63-31-61-13)25-40(43(35)39)45-44(54)46-41(26-55-45)47(58-27-36-17-18-37(28-58)59(36)49(60)65-50(7,8)9)57-48(56-46)62-29-52(21-22-52)30-64-66(14,15)51(10,11)12/h16,19,24-26,32-34,36-37H,17-18,21-22,27-31H2,1-15H3. The zero-order valence-corrected chi connectivity index (χ0v) is 44.6. The van der Waals surface area contributed by atoms with Gasteiger partial charge in [-0.05, 0) is 105 Å². The van der Waals surface area contributed by atoms with E-state index < -0.39 is 33.6 Å². The average Bonchev–Trinajstić information content (AvgIpc) is 3.96. The van der Waals surface area contributed by atoms with Gasteiger partial charge in [-0.25, -0.2) is 13.6 Å². The van der Waals surface area contributed by atoms with Crippen molar-refractivity contribution in [1.29, 1.82) is 0 Å². The Morgan fingerprint density at radius 2 is 1.55 bits per heavy atom. The fraction of sp³-hybridized carbons (Fsp3) is 0.615. The van der Waals surface area contributed by atoms with Gasteiger partial charge in [-0.2, -0.15) is 9.97 Å². The SMILES string of the molecule is COCOc1cc(-c2ncc3c(N4CC5CCC(C4)N5C(=O)OC(C)(C)C)nc(OCC4(CO[Si](C)(C)C(C)(C)C)CC4)nc3c2F)c2c(C#C[Si](C(C)C)(C(C)C)C(C)C)c(F)ccc2c1. The maximum atomic E-state index is 18.0. The summed E-state index contributed by atoms with van der Waals surface area (Å²) in [6.07, 6.45) is 4.73. The quantitative estimate of drug-likeness (QED) is 0.0688. The van der Waals surface area contributed by atoms with Crippen LogP contribution in [0.3, 0.4) is 0 Å². The number of carbonyl (C=O) groups is 1. The van der Waals surface area contributed by atoms with Crippen molar-refractivity contribution in [2.45, 2.75) is 161 Å². The number of rotatable bonds is 14. The van der Waals surface area contributed by atoms with Crippen LogP contribution in [0.25, 0.3) is 32.9 Å². The van der Waals surface area contributed by atoms with Crippen molar-refractivity contribution in [2.24, 2.45) is 5.41 Å². The molecule has 2 aliphatic heterocycles. The number of halogens is 2. The van der Waals surface area contributed by atoms with Gasteiger partial charge in [0.1, 0.15) is 42.3 Å². The molecule has 4 heterocycles. The third-order valence-electron chi connectivity index (χ3n) is 14.9. The van der Waals surface area contributed by atoms with Crippen molar-refractivity contribution in [3.8, 4) is 34.5 Å². The van der Waals surface area contributed by atoms with Gasteiger partial charge in [0, 0.05) is 49.4 Å². The van der Waals surface area contributed by atoms with E-state index in [0.717, 1.165) is 25.7 Å². The molecule has 2 aromatic carbocycles. The van der Waals surface area contributed by atoms with Crippen LogP contribution in [0.4, 0.5) is 19.4 Å². The smallest absolute Gasteiger partial charge is 0.410 e. The maximum Gasteiger partial charge on any atom is 0.410 e. The molecule has 0 N–H and O–H groups in total. The molecule has 2 saturated heterocycles. The molecule has 364 valence electrons. The van der Waals surface area contributed by atoms with Gasteiger partial charge >= 0.3 is 12.1 Å². The third-order valence-corrected chi connectivity index (χ3v) is 25.7. The van der Waals surface area contributed by atoms with Gasteiger partial charge in [0.05, 0.1) is 29.6 Å². The molecule has 1 amide bonds. The number of amides is 1. The minimum Gasteiger partial charge on any atom is -0.468 e. The number of carbonyl (C=O) groups excluding carboxylic acids is 1. The van der Waals surface area contributed by atoms with Crippen LogP contribution >= 0.6 is 0 Å². The van der Waals surface area contributed by atoms with Crippen LogP contribution < -0.4 is 14.4 Å². The number of aromatic nitrogens is 3. The molecular weight excluding hydrogens is 885 g/mol. The zero-order valence-electron chi connectivity index (χ0n) is 42.6. The second-order valence-corrected chi connectivity index (χ2v) is 33.1. The maximum absolute atomic E-state index is 18.0. The fourth-order valence-corrected chi connectivity index (χ4v) is 16.3. The first-order chi connectivity index (χ1) is 31.3. The highest BCUT2D eigenvalue weighted by molar-refractivity contribution is 6.90. The molecule has 0 spiro atoms. The number of fused-ring (bicyclic) bond motifs is 4. The molecule has 1 saturated carbocycles. The van der Waals surface area contributed by atoms with E-state index in [1.807, 2.05) is 25.7 Å². The second kappa shape index (κ2) is 18.9. The molecule has 4 aromatic rings.